The van der Waals surface area contributed by atoms with E-state index < -0.39 is 21.7 Å². The number of hydrogen-bond donors (Lipinski definition) is 0. The van der Waals surface area contributed by atoms with Crippen molar-refractivity contribution in [2.45, 2.75) is 12.8 Å². The maximum Gasteiger partial charge on any atom is 0.239 e. The van der Waals surface area contributed by atoms with Crippen molar-refractivity contribution in [2.24, 2.45) is 13.5 Å². The zero-order valence-electron chi connectivity index (χ0n) is 23.7. The van der Waals surface area contributed by atoms with Gasteiger partial charge in [-0.3, -0.25) is 0 Å². The first-order chi connectivity index (χ1) is 20.1. The van der Waals surface area contributed by atoms with Crippen LogP contribution in [0.25, 0.3) is 0 Å². The summed E-state index contributed by atoms with van der Waals surface area (Å²) >= 11 is 7.93. The Labute approximate surface area is 249 Å². The maximum atomic E-state index is 7.93. The summed E-state index contributed by atoms with van der Waals surface area (Å²) in [4.78, 5) is 0. The zero-order chi connectivity index (χ0) is 27.8. The van der Waals surface area contributed by atoms with Crippen molar-refractivity contribution in [1.82, 2.24) is 23.4 Å². The van der Waals surface area contributed by atoms with Crippen molar-refractivity contribution >= 4 is 33.0 Å². The minimum absolute atomic E-state index is 0.660. The van der Waals surface area contributed by atoms with E-state index in [4.69, 9.17) is 39.0 Å². The van der Waals surface area contributed by atoms with E-state index in [-0.39, 0.29) is 0 Å². The van der Waals surface area contributed by atoms with Crippen molar-refractivity contribution in [1.29, 1.82) is 0 Å². The quantitative estimate of drug-likeness (QED) is 0.339. The maximum absolute atomic E-state index is 7.93. The third kappa shape index (κ3) is 5.77. The van der Waals surface area contributed by atoms with Gasteiger partial charge >= 0.3 is 0 Å². The van der Waals surface area contributed by atoms with Gasteiger partial charge in [0.15, 0.2) is 0 Å². The minimum atomic E-state index is -2.81. The number of ether oxygens (including phenoxy) is 3. The lowest BCUT2D eigenvalue weighted by molar-refractivity contribution is 0.0567. The van der Waals surface area contributed by atoms with Crippen LogP contribution in [0.15, 0.2) is 61.1 Å². The first-order valence-electron chi connectivity index (χ1n) is 14.9. The summed E-state index contributed by atoms with van der Waals surface area (Å²) in [5, 5.41) is 0. The van der Waals surface area contributed by atoms with E-state index in [0.717, 1.165) is 78.3 Å². The highest BCUT2D eigenvalue weighted by molar-refractivity contribution is 7.96. The zero-order valence-corrected chi connectivity index (χ0v) is 27.2. The molecule has 0 radical (unpaired) electrons. The molecule has 0 aromatic carbocycles. The Balaban J connectivity index is 1.44. The molecule has 4 saturated heterocycles. The summed E-state index contributed by atoms with van der Waals surface area (Å²) in [5.41, 5.74) is 2.85. The molecule has 1 spiro atoms. The van der Waals surface area contributed by atoms with Gasteiger partial charge in [-0.05, 0) is 24.1 Å². The summed E-state index contributed by atoms with van der Waals surface area (Å²) in [6, 6.07) is 0. The van der Waals surface area contributed by atoms with Crippen LogP contribution in [0.2, 0.25) is 0 Å². The van der Waals surface area contributed by atoms with E-state index in [0.29, 0.717) is 39.6 Å². The van der Waals surface area contributed by atoms with Gasteiger partial charge < -0.3 is 14.2 Å². The fourth-order valence-corrected chi connectivity index (χ4v) is 22.4. The second-order valence-corrected chi connectivity index (χ2v) is 20.7. The van der Waals surface area contributed by atoms with Crippen LogP contribution in [-0.2, 0) is 14.2 Å². The molecular weight excluding hydrogens is 601 g/mol. The van der Waals surface area contributed by atoms with Crippen molar-refractivity contribution in [3.05, 3.63) is 47.6 Å². The van der Waals surface area contributed by atoms with Crippen LogP contribution in [-0.4, -0.2) is 128 Å². The number of hydrogen-bond acceptors (Lipinski definition) is 11. The van der Waals surface area contributed by atoms with Gasteiger partial charge in [0.2, 0.25) is 21.7 Å². The van der Waals surface area contributed by atoms with Gasteiger partial charge in [0.1, 0.15) is 0 Å². The van der Waals surface area contributed by atoms with Crippen molar-refractivity contribution in [3.8, 4) is 0 Å². The number of halogens is 1. The molecule has 7 aliphatic rings. The molecule has 1 unspecified atom stereocenters. The Morgan fingerprint density at radius 3 is 1.49 bits per heavy atom. The lowest BCUT2D eigenvalue weighted by atomic mass is 10.2. The topological polar surface area (TPSA) is 81.0 Å². The molecule has 226 valence electrons. The lowest BCUT2D eigenvalue weighted by Gasteiger charge is -2.49. The first kappa shape index (κ1) is 29.3. The molecule has 0 amide bonds. The Kier molecular flexibility index (Phi) is 8.98. The summed E-state index contributed by atoms with van der Waals surface area (Å²) in [7, 11) is -5.22. The van der Waals surface area contributed by atoms with Crippen LogP contribution in [0, 0.1) is 0 Å². The third-order valence-electron chi connectivity index (χ3n) is 8.63. The lowest BCUT2D eigenvalue weighted by Crippen LogP contribution is -2.43. The number of nitrogens with zero attached hydrogens (tertiary/aromatic N) is 8. The highest BCUT2D eigenvalue weighted by Gasteiger charge is 2.52. The number of rotatable bonds is 7. The molecule has 0 bridgehead atoms. The number of morpholine rings is 3. The summed E-state index contributed by atoms with van der Waals surface area (Å²) in [6.45, 7) is 9.61. The van der Waals surface area contributed by atoms with Crippen LogP contribution >= 0.6 is 33.0 Å². The smallest absolute Gasteiger partial charge is 0.239 e. The Hall–Kier alpha value is -0.380. The Morgan fingerprint density at radius 2 is 1.05 bits per heavy atom. The fraction of sp³-hybridized carbons (Fsp3) is 0.692. The molecular formula is C26H42ClN8O3P3. The average molecular weight is 643 g/mol. The van der Waals surface area contributed by atoms with E-state index in [2.05, 4.69) is 59.8 Å². The monoisotopic (exact) mass is 642 g/mol. The predicted molar refractivity (Wildman–Crippen MR) is 168 cm³/mol. The molecule has 0 saturated carbocycles. The molecule has 5 heterocycles. The fourth-order valence-electron chi connectivity index (χ4n) is 6.43. The molecule has 11 nitrogen and oxygen atoms in total. The standard InChI is InChI=1S/C26H42ClN8O3P3/c27-39(31-11-17-36-18-12-31)28-40(32-13-19-37-20-14-32,33-15-21-38-22-16-33)30-41(29-39)34(23-25-5-1-2-6-25)9-10-35(41)24-26-7-3-4-8-26/h1-5,7H,6,8-24H2. The van der Waals surface area contributed by atoms with Crippen LogP contribution in [0.4, 0.5) is 0 Å². The molecule has 0 N–H and O–H groups in total. The Bertz CT molecular complexity index is 1230. The van der Waals surface area contributed by atoms with Crippen molar-refractivity contribution in [2.75, 3.05) is 105 Å². The molecule has 41 heavy (non-hydrogen) atoms. The van der Waals surface area contributed by atoms with Crippen LogP contribution in [0.3, 0.4) is 0 Å². The highest BCUT2D eigenvalue weighted by atomic mass is 35.7. The summed E-state index contributed by atoms with van der Waals surface area (Å²) in [5.74, 6) is 0. The van der Waals surface area contributed by atoms with E-state index in [1.807, 2.05) is 0 Å². The molecule has 2 aliphatic carbocycles. The average Bonchev–Trinajstić information content (AvgIpc) is 3.79. The molecule has 1 atom stereocenters. The van der Waals surface area contributed by atoms with Crippen molar-refractivity contribution < 1.29 is 14.2 Å². The second kappa shape index (κ2) is 12.5. The predicted octanol–water partition coefficient (Wildman–Crippen LogP) is 5.46. The number of allylic oxidation sites excluding steroid dienone is 6. The van der Waals surface area contributed by atoms with Gasteiger partial charge in [0, 0.05) is 65.4 Å². The molecule has 0 aromatic rings. The van der Waals surface area contributed by atoms with E-state index in [9.17, 15) is 0 Å². The SMILES string of the molecule is ClP1(N2CCOCC2)=NP(N2CCOCC2)(N2CCOCC2)=NP2(=N1)N(CC1=CC=CC1)CCN2CC1=CC=CC1. The van der Waals surface area contributed by atoms with Crippen molar-refractivity contribution in [3.63, 3.8) is 0 Å². The third-order valence-corrected chi connectivity index (χ3v) is 21.8. The van der Waals surface area contributed by atoms with Crippen LogP contribution in [0.5, 0.6) is 0 Å². The van der Waals surface area contributed by atoms with Gasteiger partial charge in [-0.15, -0.1) is 0 Å². The molecule has 7 rings (SSSR count). The molecule has 5 aliphatic heterocycles. The van der Waals surface area contributed by atoms with Gasteiger partial charge in [-0.1, -0.05) is 47.6 Å². The normalized spacial score (nSPS) is 33.0. The first-order valence-corrected chi connectivity index (χ1v) is 20.7. The van der Waals surface area contributed by atoms with Gasteiger partial charge in [-0.2, -0.15) is 13.5 Å². The Morgan fingerprint density at radius 1 is 0.585 bits per heavy atom. The minimum Gasteiger partial charge on any atom is -0.379 e. The van der Waals surface area contributed by atoms with Gasteiger partial charge in [-0.25, -0.2) is 23.4 Å². The van der Waals surface area contributed by atoms with Crippen LogP contribution < -0.4 is 0 Å². The molecule has 0 aromatic heterocycles. The summed E-state index contributed by atoms with van der Waals surface area (Å²) in [6.07, 6.45) is 15.4. The molecule has 4 fully saturated rings. The highest BCUT2D eigenvalue weighted by Crippen LogP contribution is 2.85. The van der Waals surface area contributed by atoms with Crippen LogP contribution in [0.1, 0.15) is 12.8 Å². The van der Waals surface area contributed by atoms with Gasteiger partial charge in [0.25, 0.3) is 0 Å². The van der Waals surface area contributed by atoms with E-state index in [1.165, 1.54) is 11.1 Å². The van der Waals surface area contributed by atoms with E-state index in [1.54, 1.807) is 0 Å². The second-order valence-electron chi connectivity index (χ2n) is 11.2. The van der Waals surface area contributed by atoms with Gasteiger partial charge in [0.05, 0.1) is 39.6 Å². The van der Waals surface area contributed by atoms with E-state index >= 15 is 0 Å². The molecule has 15 heteroatoms. The summed E-state index contributed by atoms with van der Waals surface area (Å²) < 4.78 is 47.8. The largest absolute Gasteiger partial charge is 0.379 e.